The van der Waals surface area contributed by atoms with Crippen LogP contribution in [-0.2, 0) is 9.53 Å². The molecule has 1 aliphatic carbocycles. The van der Waals surface area contributed by atoms with Crippen LogP contribution in [0.1, 0.15) is 13.3 Å². The van der Waals surface area contributed by atoms with Crippen LogP contribution in [0.25, 0.3) is 0 Å². The predicted molar refractivity (Wildman–Crippen MR) is 43.0 cm³/mol. The largest absolute Gasteiger partial charge is 0.465 e. The molecule has 1 atom stereocenters. The molecular weight excluding hydrogens is 140 g/mol. The standard InChI is InChI=1S/C9H12O2/c1-8(10)11-7-9-5-3-2-4-6-9/h2-5,9H,6-7H2,1H3. The SMILES string of the molecule is CC(=O)OCC1C=CC=CC1. The van der Waals surface area contributed by atoms with Crippen molar-refractivity contribution in [3.05, 3.63) is 24.3 Å². The van der Waals surface area contributed by atoms with Gasteiger partial charge in [-0.15, -0.1) is 0 Å². The zero-order valence-corrected chi connectivity index (χ0v) is 6.62. The van der Waals surface area contributed by atoms with Gasteiger partial charge in [-0.1, -0.05) is 24.3 Å². The number of esters is 1. The van der Waals surface area contributed by atoms with Gasteiger partial charge in [-0.3, -0.25) is 4.79 Å². The van der Waals surface area contributed by atoms with E-state index in [0.717, 1.165) is 6.42 Å². The van der Waals surface area contributed by atoms with E-state index in [1.807, 2.05) is 12.2 Å². The highest BCUT2D eigenvalue weighted by molar-refractivity contribution is 5.65. The summed E-state index contributed by atoms with van der Waals surface area (Å²) in [5.74, 6) is 0.178. The van der Waals surface area contributed by atoms with Gasteiger partial charge in [-0.05, 0) is 6.42 Å². The molecule has 0 aliphatic heterocycles. The van der Waals surface area contributed by atoms with E-state index in [9.17, 15) is 4.79 Å². The number of carbonyl (C=O) groups excluding carboxylic acids is 1. The molecule has 0 aromatic carbocycles. The maximum absolute atomic E-state index is 10.4. The van der Waals surface area contributed by atoms with Crippen LogP contribution in [0.15, 0.2) is 24.3 Å². The van der Waals surface area contributed by atoms with Crippen LogP contribution < -0.4 is 0 Å². The van der Waals surface area contributed by atoms with E-state index >= 15 is 0 Å². The molecule has 0 saturated heterocycles. The molecule has 0 aromatic rings. The highest BCUT2D eigenvalue weighted by Gasteiger charge is 2.05. The molecule has 0 saturated carbocycles. The number of rotatable bonds is 2. The zero-order valence-electron chi connectivity index (χ0n) is 6.62. The van der Waals surface area contributed by atoms with Crippen LogP contribution in [0.4, 0.5) is 0 Å². The van der Waals surface area contributed by atoms with Crippen molar-refractivity contribution in [2.24, 2.45) is 5.92 Å². The molecule has 0 bridgehead atoms. The Balaban J connectivity index is 2.22. The summed E-state index contributed by atoms with van der Waals surface area (Å²) in [6, 6.07) is 0. The molecule has 0 aromatic heterocycles. The number of ether oxygens (including phenoxy) is 1. The molecule has 0 spiro atoms. The van der Waals surface area contributed by atoms with Gasteiger partial charge in [0.1, 0.15) is 0 Å². The van der Waals surface area contributed by atoms with Gasteiger partial charge in [0.25, 0.3) is 0 Å². The summed E-state index contributed by atoms with van der Waals surface area (Å²) in [5, 5.41) is 0. The van der Waals surface area contributed by atoms with E-state index in [1.165, 1.54) is 6.92 Å². The molecule has 1 unspecified atom stereocenters. The number of hydrogen-bond donors (Lipinski definition) is 0. The van der Waals surface area contributed by atoms with Crippen LogP contribution >= 0.6 is 0 Å². The van der Waals surface area contributed by atoms with Crippen molar-refractivity contribution in [1.29, 1.82) is 0 Å². The van der Waals surface area contributed by atoms with Crippen LogP contribution in [0, 0.1) is 5.92 Å². The molecule has 1 rings (SSSR count). The second-order valence-corrected chi connectivity index (χ2v) is 2.61. The number of allylic oxidation sites excluding steroid dienone is 3. The summed E-state index contributed by atoms with van der Waals surface area (Å²) in [4.78, 5) is 10.4. The second-order valence-electron chi connectivity index (χ2n) is 2.61. The highest BCUT2D eigenvalue weighted by atomic mass is 16.5. The van der Waals surface area contributed by atoms with Crippen LogP contribution in [0.5, 0.6) is 0 Å². The zero-order chi connectivity index (χ0) is 8.10. The summed E-state index contributed by atoms with van der Waals surface area (Å²) < 4.78 is 4.86. The molecular formula is C9H12O2. The minimum Gasteiger partial charge on any atom is -0.465 e. The smallest absolute Gasteiger partial charge is 0.302 e. The fourth-order valence-corrected chi connectivity index (χ4v) is 0.980. The number of carbonyl (C=O) groups is 1. The Morgan fingerprint density at radius 2 is 2.45 bits per heavy atom. The van der Waals surface area contributed by atoms with Crippen molar-refractivity contribution in [3.63, 3.8) is 0 Å². The van der Waals surface area contributed by atoms with Crippen LogP contribution in [0.3, 0.4) is 0 Å². The van der Waals surface area contributed by atoms with E-state index in [4.69, 9.17) is 4.74 Å². The molecule has 0 amide bonds. The van der Waals surface area contributed by atoms with Gasteiger partial charge in [0.2, 0.25) is 0 Å². The topological polar surface area (TPSA) is 26.3 Å². The fourth-order valence-electron chi connectivity index (χ4n) is 0.980. The second kappa shape index (κ2) is 3.96. The Morgan fingerprint density at radius 1 is 1.64 bits per heavy atom. The third-order valence-corrected chi connectivity index (χ3v) is 1.57. The Bertz CT molecular complexity index is 192. The molecule has 0 radical (unpaired) electrons. The average molecular weight is 152 g/mol. The predicted octanol–water partition coefficient (Wildman–Crippen LogP) is 1.68. The van der Waals surface area contributed by atoms with Crippen LogP contribution in [0.2, 0.25) is 0 Å². The Kier molecular flexibility index (Phi) is 2.90. The van der Waals surface area contributed by atoms with E-state index < -0.39 is 0 Å². The molecule has 2 nitrogen and oxygen atoms in total. The van der Waals surface area contributed by atoms with Crippen molar-refractivity contribution in [1.82, 2.24) is 0 Å². The first kappa shape index (κ1) is 8.05. The van der Waals surface area contributed by atoms with Crippen molar-refractivity contribution in [2.75, 3.05) is 6.61 Å². The van der Waals surface area contributed by atoms with Crippen molar-refractivity contribution < 1.29 is 9.53 Å². The molecule has 1 aliphatic rings. The van der Waals surface area contributed by atoms with Gasteiger partial charge in [-0.2, -0.15) is 0 Å². The van der Waals surface area contributed by atoms with E-state index in [0.29, 0.717) is 12.5 Å². The summed E-state index contributed by atoms with van der Waals surface area (Å²) in [7, 11) is 0. The molecule has 11 heavy (non-hydrogen) atoms. The van der Waals surface area contributed by atoms with Gasteiger partial charge < -0.3 is 4.74 Å². The van der Waals surface area contributed by atoms with Crippen molar-refractivity contribution in [3.8, 4) is 0 Å². The first-order chi connectivity index (χ1) is 5.29. The van der Waals surface area contributed by atoms with E-state index in [-0.39, 0.29) is 5.97 Å². The number of hydrogen-bond acceptors (Lipinski definition) is 2. The van der Waals surface area contributed by atoms with E-state index in [1.54, 1.807) is 0 Å². The normalized spacial score (nSPS) is 21.7. The minimum absolute atomic E-state index is 0.201. The first-order valence-electron chi connectivity index (χ1n) is 3.76. The molecule has 0 N–H and O–H groups in total. The summed E-state index contributed by atoms with van der Waals surface area (Å²) in [6.45, 7) is 1.94. The van der Waals surface area contributed by atoms with Gasteiger partial charge in [0, 0.05) is 12.8 Å². The van der Waals surface area contributed by atoms with Gasteiger partial charge in [0.05, 0.1) is 6.61 Å². The Hall–Kier alpha value is -1.05. The molecule has 0 fully saturated rings. The summed E-state index contributed by atoms with van der Waals surface area (Å²) >= 11 is 0. The lowest BCUT2D eigenvalue weighted by molar-refractivity contribution is -0.141. The fraction of sp³-hybridized carbons (Fsp3) is 0.444. The lowest BCUT2D eigenvalue weighted by atomic mass is 10.0. The minimum atomic E-state index is -0.201. The van der Waals surface area contributed by atoms with Crippen molar-refractivity contribution >= 4 is 5.97 Å². The van der Waals surface area contributed by atoms with Crippen LogP contribution in [-0.4, -0.2) is 12.6 Å². The summed E-state index contributed by atoms with van der Waals surface area (Å²) in [6.07, 6.45) is 9.10. The lowest BCUT2D eigenvalue weighted by Crippen LogP contribution is -2.10. The maximum atomic E-state index is 10.4. The molecule has 0 heterocycles. The third kappa shape index (κ3) is 3.03. The van der Waals surface area contributed by atoms with Crippen molar-refractivity contribution in [2.45, 2.75) is 13.3 Å². The Labute approximate surface area is 66.5 Å². The van der Waals surface area contributed by atoms with Gasteiger partial charge >= 0.3 is 5.97 Å². The molecule has 2 heteroatoms. The average Bonchev–Trinajstić information content (AvgIpc) is 2.03. The quantitative estimate of drug-likeness (QED) is 0.563. The summed E-state index contributed by atoms with van der Waals surface area (Å²) in [5.41, 5.74) is 0. The third-order valence-electron chi connectivity index (χ3n) is 1.57. The monoisotopic (exact) mass is 152 g/mol. The lowest BCUT2D eigenvalue weighted by Gasteiger charge is -2.11. The van der Waals surface area contributed by atoms with E-state index in [2.05, 4.69) is 12.2 Å². The van der Waals surface area contributed by atoms with Gasteiger partial charge in [0.15, 0.2) is 0 Å². The van der Waals surface area contributed by atoms with Gasteiger partial charge in [-0.25, -0.2) is 0 Å². The highest BCUT2D eigenvalue weighted by Crippen LogP contribution is 2.11. The molecule has 60 valence electrons. The maximum Gasteiger partial charge on any atom is 0.302 e. The Morgan fingerprint density at radius 3 is 3.00 bits per heavy atom. The first-order valence-corrected chi connectivity index (χ1v) is 3.76.